The molecule has 180 valence electrons. The zero-order valence-electron chi connectivity index (χ0n) is 20.5. The molecular formula is C28H34N2O4. The molecule has 1 aliphatic rings. The van der Waals surface area contributed by atoms with E-state index in [1.165, 1.54) is 5.56 Å². The minimum atomic E-state index is -0.660. The Hall–Kier alpha value is -3.38. The molecule has 3 rings (SSSR count). The van der Waals surface area contributed by atoms with Gasteiger partial charge in [-0.2, -0.15) is 0 Å². The number of nitrogens with zero attached hydrogens (tertiary/aromatic N) is 2. The molecule has 1 heterocycles. The fraction of sp³-hybridized carbons (Fsp3) is 0.357. The van der Waals surface area contributed by atoms with Crippen molar-refractivity contribution in [2.75, 3.05) is 33.8 Å². The second kappa shape index (κ2) is 11.2. The van der Waals surface area contributed by atoms with Gasteiger partial charge in [-0.3, -0.25) is 9.59 Å². The zero-order valence-corrected chi connectivity index (χ0v) is 20.5. The Bertz CT molecular complexity index is 1050. The number of hydrogen-bond donors (Lipinski definition) is 1. The first-order valence-electron chi connectivity index (χ1n) is 11.6. The number of Topliss-reactive ketones (excluding diaryl/α,β-unsaturated/α-hetero) is 1. The number of carbonyl (C=O) groups is 2. The number of likely N-dealkylation sites (tertiary alicyclic amines) is 1. The van der Waals surface area contributed by atoms with Crippen molar-refractivity contribution in [3.8, 4) is 5.75 Å². The van der Waals surface area contributed by atoms with Crippen LogP contribution in [0.1, 0.15) is 48.9 Å². The van der Waals surface area contributed by atoms with Crippen molar-refractivity contribution in [1.82, 2.24) is 9.80 Å². The molecule has 1 amide bonds. The summed E-state index contributed by atoms with van der Waals surface area (Å²) in [4.78, 5) is 29.8. The smallest absolute Gasteiger partial charge is 0.295 e. The molecule has 34 heavy (non-hydrogen) atoms. The van der Waals surface area contributed by atoms with Crippen molar-refractivity contribution in [2.45, 2.75) is 32.2 Å². The summed E-state index contributed by atoms with van der Waals surface area (Å²) in [7, 11) is 3.94. The molecule has 1 aliphatic heterocycles. The Morgan fingerprint density at radius 2 is 1.76 bits per heavy atom. The summed E-state index contributed by atoms with van der Waals surface area (Å²) in [6, 6.07) is 14.1. The molecule has 0 saturated carbocycles. The number of aliphatic hydroxyl groups is 1. The van der Waals surface area contributed by atoms with Crippen LogP contribution in [0, 0.1) is 0 Å². The summed E-state index contributed by atoms with van der Waals surface area (Å²) < 4.78 is 5.51. The maximum absolute atomic E-state index is 13.1. The quantitative estimate of drug-likeness (QED) is 0.239. The Balaban J connectivity index is 2.03. The summed E-state index contributed by atoms with van der Waals surface area (Å²) in [5.74, 6) is -0.429. The zero-order chi connectivity index (χ0) is 24.8. The molecule has 0 radical (unpaired) electrons. The highest BCUT2D eigenvalue weighted by atomic mass is 16.5. The van der Waals surface area contributed by atoms with Crippen LogP contribution in [0.5, 0.6) is 5.75 Å². The van der Waals surface area contributed by atoms with E-state index in [-0.39, 0.29) is 11.3 Å². The van der Waals surface area contributed by atoms with Crippen molar-refractivity contribution in [3.05, 3.63) is 83.4 Å². The SMILES string of the molecule is C=CCOc1ccc(/C(O)=C2\C(=O)C(=O)N(CCCN(C)C)[C@H]2c2ccc(C(C)C)cc2)cc1. The monoisotopic (exact) mass is 462 g/mol. The third-order valence-corrected chi connectivity index (χ3v) is 5.96. The van der Waals surface area contributed by atoms with Gasteiger partial charge in [0.25, 0.3) is 11.7 Å². The minimum Gasteiger partial charge on any atom is -0.507 e. The molecule has 1 fully saturated rings. The van der Waals surface area contributed by atoms with Crippen molar-refractivity contribution < 1.29 is 19.4 Å². The van der Waals surface area contributed by atoms with Gasteiger partial charge in [0.2, 0.25) is 0 Å². The molecule has 0 aromatic heterocycles. The normalized spacial score (nSPS) is 17.6. The predicted octanol–water partition coefficient (Wildman–Crippen LogP) is 4.75. The molecule has 1 saturated heterocycles. The number of hydrogen-bond acceptors (Lipinski definition) is 5. The average Bonchev–Trinajstić information content (AvgIpc) is 3.07. The van der Waals surface area contributed by atoms with E-state index in [9.17, 15) is 14.7 Å². The molecule has 6 heteroatoms. The highest BCUT2D eigenvalue weighted by Gasteiger charge is 2.45. The Kier molecular flexibility index (Phi) is 8.29. The minimum absolute atomic E-state index is 0.118. The van der Waals surface area contributed by atoms with Crippen LogP contribution in [0.2, 0.25) is 0 Å². The molecular weight excluding hydrogens is 428 g/mol. The molecule has 0 bridgehead atoms. The number of ether oxygens (including phenoxy) is 1. The van der Waals surface area contributed by atoms with E-state index >= 15 is 0 Å². The van der Waals surface area contributed by atoms with E-state index in [0.29, 0.717) is 30.4 Å². The lowest BCUT2D eigenvalue weighted by Crippen LogP contribution is -2.32. The van der Waals surface area contributed by atoms with E-state index in [4.69, 9.17) is 4.74 Å². The fourth-order valence-corrected chi connectivity index (χ4v) is 4.10. The summed E-state index contributed by atoms with van der Waals surface area (Å²) in [6.07, 6.45) is 2.37. The molecule has 1 atom stereocenters. The van der Waals surface area contributed by atoms with Crippen molar-refractivity contribution in [3.63, 3.8) is 0 Å². The summed E-state index contributed by atoms with van der Waals surface area (Å²) >= 11 is 0. The van der Waals surface area contributed by atoms with Crippen LogP contribution in [0.4, 0.5) is 0 Å². The van der Waals surface area contributed by atoms with Gasteiger partial charge in [-0.1, -0.05) is 50.8 Å². The van der Waals surface area contributed by atoms with Crippen LogP contribution in [0.3, 0.4) is 0 Å². The van der Waals surface area contributed by atoms with Gasteiger partial charge >= 0.3 is 0 Å². The summed E-state index contributed by atoms with van der Waals surface area (Å²) in [5.41, 5.74) is 2.55. The first kappa shape index (κ1) is 25.2. The van der Waals surface area contributed by atoms with Gasteiger partial charge in [0.05, 0.1) is 11.6 Å². The first-order valence-corrected chi connectivity index (χ1v) is 11.6. The van der Waals surface area contributed by atoms with Gasteiger partial charge in [-0.05, 0) is 68.4 Å². The second-order valence-corrected chi connectivity index (χ2v) is 9.09. The van der Waals surface area contributed by atoms with Crippen molar-refractivity contribution in [1.29, 1.82) is 0 Å². The van der Waals surface area contributed by atoms with Crippen LogP contribution in [-0.4, -0.2) is 60.4 Å². The lowest BCUT2D eigenvalue weighted by atomic mass is 9.93. The van der Waals surface area contributed by atoms with Gasteiger partial charge in [-0.15, -0.1) is 0 Å². The van der Waals surface area contributed by atoms with E-state index in [1.807, 2.05) is 43.3 Å². The lowest BCUT2D eigenvalue weighted by molar-refractivity contribution is -0.139. The van der Waals surface area contributed by atoms with Crippen molar-refractivity contribution >= 4 is 17.4 Å². The lowest BCUT2D eigenvalue weighted by Gasteiger charge is -2.26. The topological polar surface area (TPSA) is 70.1 Å². The highest BCUT2D eigenvalue weighted by Crippen LogP contribution is 2.40. The molecule has 0 unspecified atom stereocenters. The number of ketones is 1. The molecule has 0 spiro atoms. The number of rotatable bonds is 10. The average molecular weight is 463 g/mol. The Morgan fingerprint density at radius 3 is 2.32 bits per heavy atom. The van der Waals surface area contributed by atoms with Crippen LogP contribution < -0.4 is 4.74 Å². The van der Waals surface area contributed by atoms with Crippen molar-refractivity contribution in [2.24, 2.45) is 0 Å². The Morgan fingerprint density at radius 1 is 1.12 bits per heavy atom. The third kappa shape index (κ3) is 5.57. The molecule has 2 aromatic carbocycles. The van der Waals surface area contributed by atoms with E-state index in [1.54, 1.807) is 35.2 Å². The first-order chi connectivity index (χ1) is 16.2. The Labute approximate surface area is 202 Å². The number of carbonyl (C=O) groups excluding carboxylic acids is 2. The van der Waals surface area contributed by atoms with Crippen LogP contribution >= 0.6 is 0 Å². The molecule has 2 aromatic rings. The van der Waals surface area contributed by atoms with E-state index in [0.717, 1.165) is 18.5 Å². The maximum atomic E-state index is 13.1. The van der Waals surface area contributed by atoms with Gasteiger partial charge < -0.3 is 19.6 Å². The molecule has 6 nitrogen and oxygen atoms in total. The molecule has 1 N–H and O–H groups in total. The van der Waals surface area contributed by atoms with Gasteiger partial charge in [0.15, 0.2) is 0 Å². The third-order valence-electron chi connectivity index (χ3n) is 5.96. The maximum Gasteiger partial charge on any atom is 0.295 e. The number of amides is 1. The van der Waals surface area contributed by atoms with E-state index in [2.05, 4.69) is 20.4 Å². The van der Waals surface area contributed by atoms with Crippen LogP contribution in [-0.2, 0) is 9.59 Å². The van der Waals surface area contributed by atoms with Gasteiger partial charge in [-0.25, -0.2) is 0 Å². The largest absolute Gasteiger partial charge is 0.507 e. The summed E-state index contributed by atoms with van der Waals surface area (Å²) in [6.45, 7) is 9.44. The fourth-order valence-electron chi connectivity index (χ4n) is 4.10. The number of benzene rings is 2. The van der Waals surface area contributed by atoms with Gasteiger partial charge in [0.1, 0.15) is 18.1 Å². The standard InChI is InChI=1S/C28H34N2O4/c1-6-18-34-23-14-12-22(13-15-23)26(31)24-25(21-10-8-20(9-11-21)19(2)3)30(28(33)27(24)32)17-7-16-29(4)5/h6,8-15,19,25,31H,1,7,16-18H2,2-5H3/b26-24+/t25-/m0/s1. The van der Waals surface area contributed by atoms with Crippen LogP contribution in [0.25, 0.3) is 5.76 Å². The number of aliphatic hydroxyl groups excluding tert-OH is 1. The summed E-state index contributed by atoms with van der Waals surface area (Å²) in [5, 5.41) is 11.2. The van der Waals surface area contributed by atoms with Crippen LogP contribution in [0.15, 0.2) is 66.8 Å². The van der Waals surface area contributed by atoms with Gasteiger partial charge in [0, 0.05) is 12.1 Å². The predicted molar refractivity (Wildman–Crippen MR) is 135 cm³/mol. The molecule has 0 aliphatic carbocycles. The van der Waals surface area contributed by atoms with E-state index < -0.39 is 17.7 Å². The highest BCUT2D eigenvalue weighted by molar-refractivity contribution is 6.46. The second-order valence-electron chi connectivity index (χ2n) is 9.09.